The Morgan fingerprint density at radius 2 is 1.82 bits per heavy atom. The summed E-state index contributed by atoms with van der Waals surface area (Å²) in [5.74, 6) is 0.0354. The van der Waals surface area contributed by atoms with E-state index in [1.54, 1.807) is 30.3 Å². The predicted octanol–water partition coefficient (Wildman–Crippen LogP) is 2.98. The molecule has 162 valence electrons. The lowest BCUT2D eigenvalue weighted by Gasteiger charge is -2.20. The lowest BCUT2D eigenvalue weighted by atomic mass is 10.1. The molecule has 0 aliphatic carbocycles. The quantitative estimate of drug-likeness (QED) is 0.447. The molecule has 0 amide bonds. The van der Waals surface area contributed by atoms with E-state index in [0.717, 1.165) is 11.1 Å². The number of aliphatic carboxylic acids is 1. The molecule has 4 aromatic rings. The maximum absolute atomic E-state index is 11.6. The molecular weight excluding hydrogens is 418 g/mol. The molecular formula is C25H18N5O3-. The number of hydrogen-bond donors (Lipinski definition) is 1. The second kappa shape index (κ2) is 10.0. The number of carboxylic acids is 1. The summed E-state index contributed by atoms with van der Waals surface area (Å²) < 4.78 is 5.69. The van der Waals surface area contributed by atoms with Crippen molar-refractivity contribution in [2.75, 3.05) is 5.32 Å². The lowest BCUT2D eigenvalue weighted by Crippen LogP contribution is -2.42. The molecule has 2 aromatic heterocycles. The Labute approximate surface area is 190 Å². The van der Waals surface area contributed by atoms with Crippen molar-refractivity contribution in [3.8, 4) is 29.0 Å². The third kappa shape index (κ3) is 5.68. The Balaban J connectivity index is 1.47. The highest BCUT2D eigenvalue weighted by Crippen LogP contribution is 2.25. The third-order valence-electron chi connectivity index (χ3n) is 4.79. The molecule has 0 fully saturated rings. The third-order valence-corrected chi connectivity index (χ3v) is 4.79. The number of hydrogen-bond acceptors (Lipinski definition) is 8. The van der Waals surface area contributed by atoms with Crippen molar-refractivity contribution in [2.45, 2.75) is 12.5 Å². The van der Waals surface area contributed by atoms with E-state index in [9.17, 15) is 9.90 Å². The molecule has 0 spiro atoms. The zero-order chi connectivity index (χ0) is 23.0. The highest BCUT2D eigenvalue weighted by atomic mass is 16.5. The zero-order valence-corrected chi connectivity index (χ0v) is 17.4. The minimum atomic E-state index is -1.21. The van der Waals surface area contributed by atoms with Crippen molar-refractivity contribution < 1.29 is 14.6 Å². The van der Waals surface area contributed by atoms with Gasteiger partial charge in [-0.2, -0.15) is 5.26 Å². The summed E-state index contributed by atoms with van der Waals surface area (Å²) in [7, 11) is 0. The van der Waals surface area contributed by atoms with Gasteiger partial charge in [-0.25, -0.2) is 15.0 Å². The molecule has 0 unspecified atom stereocenters. The van der Waals surface area contributed by atoms with Crippen LogP contribution in [0.1, 0.15) is 11.1 Å². The van der Waals surface area contributed by atoms with Gasteiger partial charge in [0.2, 0.25) is 5.88 Å². The first kappa shape index (κ1) is 21.5. The number of benzene rings is 2. The second-order valence-corrected chi connectivity index (χ2v) is 7.12. The number of nitrogens with zero attached hydrogens (tertiary/aromatic N) is 4. The fraction of sp³-hybridized carbons (Fsp3) is 0.0800. The van der Waals surface area contributed by atoms with E-state index >= 15 is 0 Å². The van der Waals surface area contributed by atoms with Crippen molar-refractivity contribution in [3.63, 3.8) is 0 Å². The number of carboxylic acid groups (broad SMARTS) is 1. The molecule has 0 saturated carbocycles. The number of carbonyl (C=O) groups excluding carboxylic acids is 1. The van der Waals surface area contributed by atoms with E-state index in [0.29, 0.717) is 28.7 Å². The van der Waals surface area contributed by atoms with E-state index < -0.39 is 12.0 Å². The summed E-state index contributed by atoms with van der Waals surface area (Å²) in [4.78, 5) is 24.2. The molecule has 8 nitrogen and oxygen atoms in total. The van der Waals surface area contributed by atoms with Gasteiger partial charge in [0.25, 0.3) is 0 Å². The van der Waals surface area contributed by atoms with Gasteiger partial charge in [-0.1, -0.05) is 30.3 Å². The Hall–Kier alpha value is -4.77. The van der Waals surface area contributed by atoms with E-state index in [1.807, 2.05) is 48.5 Å². The largest absolute Gasteiger partial charge is 0.548 e. The molecule has 0 aliphatic heterocycles. The number of aromatic nitrogens is 3. The number of ether oxygens (including phenoxy) is 1. The van der Waals surface area contributed by atoms with Crippen LogP contribution in [-0.2, 0) is 11.2 Å². The summed E-state index contributed by atoms with van der Waals surface area (Å²) in [5.41, 5.74) is 2.73. The summed E-state index contributed by atoms with van der Waals surface area (Å²) >= 11 is 0. The number of nitriles is 1. The molecule has 0 bridgehead atoms. The van der Waals surface area contributed by atoms with Crippen molar-refractivity contribution in [3.05, 3.63) is 96.4 Å². The number of rotatable bonds is 8. The number of pyridine rings is 1. The minimum Gasteiger partial charge on any atom is -0.548 e. The van der Waals surface area contributed by atoms with Gasteiger partial charge < -0.3 is 20.0 Å². The molecule has 0 radical (unpaired) electrons. The van der Waals surface area contributed by atoms with E-state index in [1.165, 1.54) is 12.5 Å². The fourth-order valence-electron chi connectivity index (χ4n) is 3.16. The molecule has 0 saturated heterocycles. The second-order valence-electron chi connectivity index (χ2n) is 7.12. The molecule has 8 heteroatoms. The van der Waals surface area contributed by atoms with Crippen LogP contribution in [0.5, 0.6) is 11.6 Å². The predicted molar refractivity (Wildman–Crippen MR) is 119 cm³/mol. The first-order chi connectivity index (χ1) is 16.1. The van der Waals surface area contributed by atoms with E-state index in [4.69, 9.17) is 10.00 Å². The summed E-state index contributed by atoms with van der Waals surface area (Å²) in [6.07, 6.45) is 3.14. The van der Waals surface area contributed by atoms with Crippen LogP contribution in [0.15, 0.2) is 85.3 Å². The molecule has 33 heavy (non-hydrogen) atoms. The molecule has 1 N–H and O–H groups in total. The van der Waals surface area contributed by atoms with Crippen LogP contribution < -0.4 is 15.2 Å². The average molecular weight is 436 g/mol. The van der Waals surface area contributed by atoms with Crippen molar-refractivity contribution in [1.29, 1.82) is 5.26 Å². The van der Waals surface area contributed by atoms with Gasteiger partial charge in [0, 0.05) is 23.9 Å². The Morgan fingerprint density at radius 1 is 1.03 bits per heavy atom. The van der Waals surface area contributed by atoms with Gasteiger partial charge in [0.05, 0.1) is 29.3 Å². The SMILES string of the molecule is N#Cc1ccnc(Oc2ccc(-c3cc(N[C@@H](Cc4ccccc4)C(=O)[O-])ncn3)cc2)c1. The van der Waals surface area contributed by atoms with Crippen LogP contribution in [0.25, 0.3) is 11.3 Å². The minimum absolute atomic E-state index is 0.260. The smallest absolute Gasteiger partial charge is 0.220 e. The number of carbonyl (C=O) groups is 1. The summed E-state index contributed by atoms with van der Waals surface area (Å²) in [6.45, 7) is 0. The Morgan fingerprint density at radius 3 is 2.55 bits per heavy atom. The standard InChI is InChI=1S/C25H19N5O3/c26-15-18-10-11-27-24(13-18)33-20-8-6-19(7-9-20)21-14-23(29-16-28-21)30-22(25(31)32)12-17-4-2-1-3-5-17/h1-11,13-14,16,22H,12H2,(H,31,32)(H,28,29,30)/p-1/t22-/m0/s1. The lowest BCUT2D eigenvalue weighted by molar-refractivity contribution is -0.306. The number of anilines is 1. The van der Waals surface area contributed by atoms with Crippen LogP contribution in [-0.4, -0.2) is 27.0 Å². The molecule has 1 atom stereocenters. The van der Waals surface area contributed by atoms with Crippen LogP contribution in [0.2, 0.25) is 0 Å². The van der Waals surface area contributed by atoms with Gasteiger partial charge in [-0.05, 0) is 42.3 Å². The summed E-state index contributed by atoms with van der Waals surface area (Å²) in [5, 5.41) is 23.5. The van der Waals surface area contributed by atoms with Gasteiger partial charge >= 0.3 is 0 Å². The molecule has 2 aromatic carbocycles. The monoisotopic (exact) mass is 436 g/mol. The Kier molecular flexibility index (Phi) is 6.52. The molecule has 2 heterocycles. The fourth-order valence-corrected chi connectivity index (χ4v) is 3.16. The van der Waals surface area contributed by atoms with Gasteiger partial charge in [-0.3, -0.25) is 0 Å². The topological polar surface area (TPSA) is 124 Å². The van der Waals surface area contributed by atoms with Crippen molar-refractivity contribution in [1.82, 2.24) is 15.0 Å². The van der Waals surface area contributed by atoms with Crippen LogP contribution >= 0.6 is 0 Å². The van der Waals surface area contributed by atoms with Gasteiger partial charge in [0.1, 0.15) is 17.9 Å². The first-order valence-corrected chi connectivity index (χ1v) is 10.1. The summed E-state index contributed by atoms with van der Waals surface area (Å²) in [6, 6.07) is 22.4. The van der Waals surface area contributed by atoms with E-state index in [-0.39, 0.29) is 6.42 Å². The first-order valence-electron chi connectivity index (χ1n) is 10.1. The van der Waals surface area contributed by atoms with Crippen molar-refractivity contribution in [2.24, 2.45) is 0 Å². The molecule has 4 rings (SSSR count). The normalized spacial score (nSPS) is 11.2. The van der Waals surface area contributed by atoms with Gasteiger partial charge in [0.15, 0.2) is 0 Å². The zero-order valence-electron chi connectivity index (χ0n) is 17.4. The van der Waals surface area contributed by atoms with Crippen LogP contribution in [0.4, 0.5) is 5.82 Å². The average Bonchev–Trinajstić information content (AvgIpc) is 2.85. The highest BCUT2D eigenvalue weighted by molar-refractivity contribution is 5.76. The van der Waals surface area contributed by atoms with Gasteiger partial charge in [-0.15, -0.1) is 0 Å². The maximum Gasteiger partial charge on any atom is 0.220 e. The van der Waals surface area contributed by atoms with E-state index in [2.05, 4.69) is 20.3 Å². The van der Waals surface area contributed by atoms with Crippen molar-refractivity contribution >= 4 is 11.8 Å². The highest BCUT2D eigenvalue weighted by Gasteiger charge is 2.13. The number of nitrogens with one attached hydrogen (secondary N) is 1. The molecule has 0 aliphatic rings. The van der Waals surface area contributed by atoms with Crippen LogP contribution in [0.3, 0.4) is 0 Å². The van der Waals surface area contributed by atoms with Crippen LogP contribution in [0, 0.1) is 11.3 Å². The maximum atomic E-state index is 11.6. The Bertz CT molecular complexity index is 1290.